The molecule has 5 heteroatoms. The number of hydrogen-bond acceptors (Lipinski definition) is 3. The van der Waals surface area contributed by atoms with Gasteiger partial charge in [-0.3, -0.25) is 5.43 Å². The zero-order valence-corrected chi connectivity index (χ0v) is 10.3. The van der Waals surface area contributed by atoms with Crippen LogP contribution in [0.1, 0.15) is 27.7 Å². The molecular weight excluding hydrogens is 196 g/mol. The number of nitrogens with two attached hydrogens (primary N) is 1. The van der Waals surface area contributed by atoms with Crippen LogP contribution in [0.25, 0.3) is 0 Å². The SMILES string of the molecule is CCSCC(C)N=C(NN)NC(C)C. The van der Waals surface area contributed by atoms with E-state index in [4.69, 9.17) is 5.84 Å². The van der Waals surface area contributed by atoms with Gasteiger partial charge in [0.05, 0.1) is 6.04 Å². The maximum atomic E-state index is 5.35. The summed E-state index contributed by atoms with van der Waals surface area (Å²) in [6, 6.07) is 0.632. The molecule has 0 saturated carbocycles. The van der Waals surface area contributed by atoms with Gasteiger partial charge in [0.1, 0.15) is 0 Å². The highest BCUT2D eigenvalue weighted by Crippen LogP contribution is 2.03. The highest BCUT2D eigenvalue weighted by atomic mass is 32.2. The summed E-state index contributed by atoms with van der Waals surface area (Å²) in [4.78, 5) is 4.42. The fraction of sp³-hybridized carbons (Fsp3) is 0.889. The van der Waals surface area contributed by atoms with Crippen molar-refractivity contribution >= 4 is 17.7 Å². The van der Waals surface area contributed by atoms with Crippen LogP contribution in [0, 0.1) is 0 Å². The largest absolute Gasteiger partial charge is 0.353 e. The third-order valence-electron chi connectivity index (χ3n) is 1.47. The molecule has 0 aliphatic heterocycles. The molecule has 1 atom stereocenters. The molecule has 0 aromatic carbocycles. The van der Waals surface area contributed by atoms with E-state index in [1.165, 1.54) is 0 Å². The summed E-state index contributed by atoms with van der Waals surface area (Å²) in [5.74, 6) is 8.18. The molecule has 0 radical (unpaired) electrons. The predicted octanol–water partition coefficient (Wildman–Crippen LogP) is 0.945. The molecule has 0 heterocycles. The minimum Gasteiger partial charge on any atom is -0.353 e. The predicted molar refractivity (Wildman–Crippen MR) is 65.5 cm³/mol. The molecule has 1 unspecified atom stereocenters. The number of thioether (sulfide) groups is 1. The van der Waals surface area contributed by atoms with Crippen molar-refractivity contribution in [1.29, 1.82) is 0 Å². The van der Waals surface area contributed by atoms with Gasteiger partial charge in [-0.25, -0.2) is 10.8 Å². The van der Waals surface area contributed by atoms with E-state index in [0.717, 1.165) is 11.5 Å². The molecule has 0 aromatic heterocycles. The van der Waals surface area contributed by atoms with Crippen LogP contribution in [-0.4, -0.2) is 29.5 Å². The van der Waals surface area contributed by atoms with Crippen molar-refractivity contribution in [3.63, 3.8) is 0 Å². The van der Waals surface area contributed by atoms with E-state index >= 15 is 0 Å². The van der Waals surface area contributed by atoms with E-state index in [2.05, 4.69) is 43.4 Å². The molecule has 0 aliphatic carbocycles. The van der Waals surface area contributed by atoms with Crippen molar-refractivity contribution in [1.82, 2.24) is 10.7 Å². The molecule has 0 amide bonds. The van der Waals surface area contributed by atoms with E-state index < -0.39 is 0 Å². The van der Waals surface area contributed by atoms with E-state index in [1.54, 1.807) is 0 Å². The van der Waals surface area contributed by atoms with Crippen molar-refractivity contribution in [2.75, 3.05) is 11.5 Å². The molecule has 0 rings (SSSR count). The Morgan fingerprint density at radius 1 is 1.43 bits per heavy atom. The number of aliphatic imine (C=N–C) groups is 1. The smallest absolute Gasteiger partial charge is 0.206 e. The first kappa shape index (κ1) is 13.6. The van der Waals surface area contributed by atoms with Gasteiger partial charge >= 0.3 is 0 Å². The summed E-state index contributed by atoms with van der Waals surface area (Å²) in [5.41, 5.74) is 2.57. The lowest BCUT2D eigenvalue weighted by Gasteiger charge is -2.14. The highest BCUT2D eigenvalue weighted by Gasteiger charge is 2.03. The molecule has 0 aromatic rings. The van der Waals surface area contributed by atoms with Crippen molar-refractivity contribution in [2.24, 2.45) is 10.8 Å². The first-order chi connectivity index (χ1) is 6.60. The minimum absolute atomic E-state index is 0.289. The van der Waals surface area contributed by atoms with Crippen LogP contribution in [0.2, 0.25) is 0 Å². The van der Waals surface area contributed by atoms with Crippen molar-refractivity contribution in [2.45, 2.75) is 39.8 Å². The second-order valence-corrected chi connectivity index (χ2v) is 4.75. The summed E-state index contributed by atoms with van der Waals surface area (Å²) in [5, 5.41) is 3.14. The Labute approximate surface area is 91.1 Å². The summed E-state index contributed by atoms with van der Waals surface area (Å²) in [7, 11) is 0. The fourth-order valence-corrected chi connectivity index (χ4v) is 1.59. The molecule has 14 heavy (non-hydrogen) atoms. The lowest BCUT2D eigenvalue weighted by Crippen LogP contribution is -2.45. The Balaban J connectivity index is 3.99. The molecule has 84 valence electrons. The normalized spacial score (nSPS) is 14.3. The van der Waals surface area contributed by atoms with Crippen molar-refractivity contribution in [3.05, 3.63) is 0 Å². The van der Waals surface area contributed by atoms with Crippen molar-refractivity contribution in [3.8, 4) is 0 Å². The Morgan fingerprint density at radius 2 is 2.07 bits per heavy atom. The molecule has 0 aliphatic rings. The first-order valence-electron chi connectivity index (χ1n) is 4.98. The van der Waals surface area contributed by atoms with Gasteiger partial charge in [0.25, 0.3) is 0 Å². The number of hydrogen-bond donors (Lipinski definition) is 3. The molecule has 4 nitrogen and oxygen atoms in total. The van der Waals surface area contributed by atoms with Gasteiger partial charge in [0.15, 0.2) is 0 Å². The topological polar surface area (TPSA) is 62.4 Å². The first-order valence-corrected chi connectivity index (χ1v) is 6.14. The zero-order valence-electron chi connectivity index (χ0n) is 9.50. The quantitative estimate of drug-likeness (QED) is 0.278. The lowest BCUT2D eigenvalue weighted by atomic mass is 10.4. The summed E-state index contributed by atoms with van der Waals surface area (Å²) in [6.07, 6.45) is 0. The van der Waals surface area contributed by atoms with Crippen LogP contribution in [0.5, 0.6) is 0 Å². The van der Waals surface area contributed by atoms with Crippen LogP contribution in [0.15, 0.2) is 4.99 Å². The molecule has 0 spiro atoms. The molecule has 0 fully saturated rings. The standard InChI is InChI=1S/C9H22N4S/c1-5-14-6-8(4)12-9(13-10)11-7(2)3/h7-8H,5-6,10H2,1-4H3,(H2,11,12,13). The average Bonchev–Trinajstić information content (AvgIpc) is 2.12. The summed E-state index contributed by atoms with van der Waals surface area (Å²) < 4.78 is 0. The van der Waals surface area contributed by atoms with E-state index in [9.17, 15) is 0 Å². The van der Waals surface area contributed by atoms with Gasteiger partial charge in [-0.05, 0) is 26.5 Å². The minimum atomic E-state index is 0.289. The number of nitrogens with zero attached hydrogens (tertiary/aromatic N) is 1. The maximum absolute atomic E-state index is 5.35. The number of guanidine groups is 1. The lowest BCUT2D eigenvalue weighted by molar-refractivity contribution is 0.692. The van der Waals surface area contributed by atoms with Gasteiger partial charge in [0.2, 0.25) is 5.96 Å². The van der Waals surface area contributed by atoms with E-state index in [-0.39, 0.29) is 6.04 Å². The second kappa shape index (κ2) is 7.94. The third kappa shape index (κ3) is 7.03. The number of nitrogens with one attached hydrogen (secondary N) is 2. The highest BCUT2D eigenvalue weighted by molar-refractivity contribution is 7.99. The Kier molecular flexibility index (Phi) is 7.70. The van der Waals surface area contributed by atoms with Gasteiger partial charge < -0.3 is 5.32 Å². The van der Waals surface area contributed by atoms with Gasteiger partial charge in [-0.2, -0.15) is 11.8 Å². The van der Waals surface area contributed by atoms with Crippen LogP contribution < -0.4 is 16.6 Å². The Hall–Kier alpha value is -0.420. The summed E-state index contributed by atoms with van der Waals surface area (Å²) in [6.45, 7) is 8.34. The zero-order chi connectivity index (χ0) is 11.0. The van der Waals surface area contributed by atoms with Crippen LogP contribution >= 0.6 is 11.8 Å². The number of hydrazine groups is 1. The molecule has 0 bridgehead atoms. The van der Waals surface area contributed by atoms with Gasteiger partial charge in [-0.1, -0.05) is 6.92 Å². The molecule has 0 saturated heterocycles. The monoisotopic (exact) mass is 218 g/mol. The van der Waals surface area contributed by atoms with Crippen LogP contribution in [0.4, 0.5) is 0 Å². The van der Waals surface area contributed by atoms with E-state index in [0.29, 0.717) is 12.0 Å². The third-order valence-corrected chi connectivity index (χ3v) is 2.60. The van der Waals surface area contributed by atoms with Crippen molar-refractivity contribution < 1.29 is 0 Å². The maximum Gasteiger partial charge on any atom is 0.206 e. The van der Waals surface area contributed by atoms with Gasteiger partial charge in [-0.15, -0.1) is 0 Å². The number of rotatable bonds is 5. The average molecular weight is 218 g/mol. The summed E-state index contributed by atoms with van der Waals surface area (Å²) >= 11 is 1.88. The van der Waals surface area contributed by atoms with Gasteiger partial charge in [0, 0.05) is 11.8 Å². The second-order valence-electron chi connectivity index (χ2n) is 3.43. The van der Waals surface area contributed by atoms with Crippen LogP contribution in [0.3, 0.4) is 0 Å². The van der Waals surface area contributed by atoms with E-state index in [1.807, 2.05) is 11.8 Å². The molecular formula is C9H22N4S. The Bertz CT molecular complexity index is 170. The molecule has 4 N–H and O–H groups in total. The fourth-order valence-electron chi connectivity index (χ4n) is 0.936. The Morgan fingerprint density at radius 3 is 2.50 bits per heavy atom. The van der Waals surface area contributed by atoms with Crippen LogP contribution in [-0.2, 0) is 0 Å².